The van der Waals surface area contributed by atoms with E-state index in [-0.39, 0.29) is 9.47 Å². The highest BCUT2D eigenvalue weighted by Crippen LogP contribution is 2.37. The Morgan fingerprint density at radius 3 is 2.20 bits per heavy atom. The molecule has 0 atom stereocenters. The van der Waals surface area contributed by atoms with Gasteiger partial charge in [-0.05, 0) is 11.6 Å². The molecule has 0 bridgehead atoms. The Kier molecular flexibility index (Phi) is 2.34. The molecule has 1 aromatic rings. The maximum atomic E-state index is 12.5. The topological polar surface area (TPSA) is 25.8 Å². The van der Waals surface area contributed by atoms with Crippen LogP contribution < -0.4 is 0 Å². The molecule has 1 aromatic heterocycles. The molecule has 10 heavy (non-hydrogen) atoms. The van der Waals surface area contributed by atoms with Gasteiger partial charge in [-0.2, -0.15) is 4.39 Å². The molecule has 56 valence electrons. The van der Waals surface area contributed by atoms with Gasteiger partial charge in [-0.25, -0.2) is 0 Å². The molecule has 0 N–H and O–H groups in total. The van der Waals surface area contributed by atoms with Crippen molar-refractivity contribution in [2.45, 2.75) is 4.59 Å². The normalized spacial score (nSPS) is 12.0. The lowest BCUT2D eigenvalue weighted by molar-refractivity contribution is 0.401. The van der Waals surface area contributed by atoms with E-state index < -0.39 is 4.59 Å². The van der Waals surface area contributed by atoms with Gasteiger partial charge in [0.2, 0.25) is 4.47 Å². The minimum absolute atomic E-state index is 0.110. The summed E-state index contributed by atoms with van der Waals surface area (Å²) >= 11 is 16.2. The van der Waals surface area contributed by atoms with Crippen molar-refractivity contribution in [3.05, 3.63) is 9.47 Å². The van der Waals surface area contributed by atoms with Gasteiger partial charge in [0.15, 0.2) is 5.01 Å². The SMILES string of the molecule is FC(Cl)(Cl)c1nnc(Cl)s1. The van der Waals surface area contributed by atoms with Gasteiger partial charge in [-0.3, -0.25) is 0 Å². The molecule has 2 nitrogen and oxygen atoms in total. The van der Waals surface area contributed by atoms with Gasteiger partial charge in [0, 0.05) is 0 Å². The van der Waals surface area contributed by atoms with Crippen molar-refractivity contribution in [3.63, 3.8) is 0 Å². The van der Waals surface area contributed by atoms with E-state index in [9.17, 15) is 4.39 Å². The van der Waals surface area contributed by atoms with Crippen molar-refractivity contribution in [3.8, 4) is 0 Å². The largest absolute Gasteiger partial charge is 0.311 e. The summed E-state index contributed by atoms with van der Waals surface area (Å²) in [4.78, 5) is 0. The number of alkyl halides is 3. The van der Waals surface area contributed by atoms with Crippen LogP contribution in [0.5, 0.6) is 0 Å². The van der Waals surface area contributed by atoms with Gasteiger partial charge in [0.05, 0.1) is 0 Å². The zero-order chi connectivity index (χ0) is 7.78. The third-order valence-corrected chi connectivity index (χ3v) is 2.34. The number of hydrogen-bond donors (Lipinski definition) is 0. The molecule has 0 saturated carbocycles. The molecule has 0 spiro atoms. The lowest BCUT2D eigenvalue weighted by atomic mass is 10.8. The second-order valence-electron chi connectivity index (χ2n) is 1.36. The third kappa shape index (κ3) is 1.92. The van der Waals surface area contributed by atoms with Crippen LogP contribution in [0.25, 0.3) is 0 Å². The number of hydrogen-bond acceptors (Lipinski definition) is 3. The minimum atomic E-state index is -2.48. The molecule has 0 aliphatic heterocycles. The fraction of sp³-hybridized carbons (Fsp3) is 0.333. The van der Waals surface area contributed by atoms with E-state index in [1.54, 1.807) is 0 Å². The number of nitrogens with zero attached hydrogens (tertiary/aromatic N) is 2. The van der Waals surface area contributed by atoms with Crippen molar-refractivity contribution >= 4 is 46.1 Å². The number of rotatable bonds is 1. The van der Waals surface area contributed by atoms with Gasteiger partial charge in [-0.15, -0.1) is 10.2 Å². The lowest BCUT2D eigenvalue weighted by Gasteiger charge is -2.00. The summed E-state index contributed by atoms with van der Waals surface area (Å²) in [7, 11) is 0. The first-order valence-electron chi connectivity index (χ1n) is 2.06. The standard InChI is InChI=1S/C3Cl3FN2S/c4-2-9-8-1(10-2)3(5,6)7. The Hall–Kier alpha value is 0.360. The van der Waals surface area contributed by atoms with Crippen LogP contribution in [0, 0.1) is 0 Å². The van der Waals surface area contributed by atoms with Crippen LogP contribution in [0.1, 0.15) is 5.01 Å². The molecule has 0 aliphatic rings. The van der Waals surface area contributed by atoms with E-state index in [0.717, 1.165) is 11.3 Å². The molecule has 0 aliphatic carbocycles. The van der Waals surface area contributed by atoms with Gasteiger partial charge in [0.1, 0.15) is 0 Å². The molecule has 0 unspecified atom stereocenters. The smallest absolute Gasteiger partial charge is 0.200 e. The van der Waals surface area contributed by atoms with E-state index in [1.165, 1.54) is 0 Å². The van der Waals surface area contributed by atoms with Crippen molar-refractivity contribution < 1.29 is 4.39 Å². The zero-order valence-electron chi connectivity index (χ0n) is 4.31. The minimum Gasteiger partial charge on any atom is -0.200 e. The summed E-state index contributed by atoms with van der Waals surface area (Å²) in [5.74, 6) is 0. The lowest BCUT2D eigenvalue weighted by Crippen LogP contribution is -1.99. The van der Waals surface area contributed by atoms with E-state index in [1.807, 2.05) is 0 Å². The predicted molar refractivity (Wildman–Crippen MR) is 39.4 cm³/mol. The maximum absolute atomic E-state index is 12.5. The Bertz CT molecular complexity index is 232. The zero-order valence-corrected chi connectivity index (χ0v) is 7.40. The Morgan fingerprint density at radius 1 is 1.40 bits per heavy atom. The van der Waals surface area contributed by atoms with E-state index in [2.05, 4.69) is 10.2 Å². The van der Waals surface area contributed by atoms with Crippen LogP contribution in [0.4, 0.5) is 4.39 Å². The van der Waals surface area contributed by atoms with Gasteiger partial charge >= 0.3 is 4.59 Å². The maximum Gasteiger partial charge on any atom is 0.311 e. The highest BCUT2D eigenvalue weighted by molar-refractivity contribution is 7.16. The van der Waals surface area contributed by atoms with E-state index in [0.29, 0.717) is 0 Å². The first kappa shape index (κ1) is 8.46. The molecule has 0 aromatic carbocycles. The van der Waals surface area contributed by atoms with E-state index in [4.69, 9.17) is 34.8 Å². The van der Waals surface area contributed by atoms with Crippen LogP contribution in [0.2, 0.25) is 4.47 Å². The fourth-order valence-corrected chi connectivity index (χ4v) is 1.32. The molecule has 0 amide bonds. The monoisotopic (exact) mass is 220 g/mol. The molecular formula is C3Cl3FN2S. The molecule has 0 saturated heterocycles. The van der Waals surface area contributed by atoms with Crippen molar-refractivity contribution in [1.29, 1.82) is 0 Å². The summed E-state index contributed by atoms with van der Waals surface area (Å²) in [5.41, 5.74) is 0. The molecule has 1 rings (SSSR count). The first-order valence-corrected chi connectivity index (χ1v) is 4.01. The highest BCUT2D eigenvalue weighted by atomic mass is 35.5. The van der Waals surface area contributed by atoms with Crippen molar-refractivity contribution in [1.82, 2.24) is 10.2 Å². The summed E-state index contributed by atoms with van der Waals surface area (Å²) in [6.07, 6.45) is 0. The Balaban J connectivity index is 2.96. The van der Waals surface area contributed by atoms with Crippen LogP contribution in [0.3, 0.4) is 0 Å². The average Bonchev–Trinajstić information content (AvgIpc) is 2.11. The van der Waals surface area contributed by atoms with E-state index >= 15 is 0 Å². The van der Waals surface area contributed by atoms with Crippen LogP contribution in [-0.4, -0.2) is 10.2 Å². The van der Waals surface area contributed by atoms with Gasteiger partial charge < -0.3 is 0 Å². The molecule has 0 radical (unpaired) electrons. The Morgan fingerprint density at radius 2 is 2.00 bits per heavy atom. The summed E-state index contributed by atoms with van der Waals surface area (Å²) in [5, 5.41) is 6.44. The average molecular weight is 221 g/mol. The summed E-state index contributed by atoms with van der Waals surface area (Å²) < 4.78 is 10.1. The second kappa shape index (κ2) is 2.77. The van der Waals surface area contributed by atoms with Gasteiger partial charge in [-0.1, -0.05) is 34.5 Å². The first-order chi connectivity index (χ1) is 4.50. The van der Waals surface area contributed by atoms with Crippen molar-refractivity contribution in [2.75, 3.05) is 0 Å². The number of aromatic nitrogens is 2. The van der Waals surface area contributed by atoms with Gasteiger partial charge in [0.25, 0.3) is 0 Å². The predicted octanol–water partition coefficient (Wildman–Crippen LogP) is 2.75. The third-order valence-electron chi connectivity index (χ3n) is 0.643. The molecule has 0 fully saturated rings. The van der Waals surface area contributed by atoms with Crippen molar-refractivity contribution in [2.24, 2.45) is 0 Å². The molecule has 1 heterocycles. The quantitative estimate of drug-likeness (QED) is 0.682. The fourth-order valence-electron chi connectivity index (χ4n) is 0.320. The second-order valence-corrected chi connectivity index (χ2v) is 4.15. The summed E-state index contributed by atoms with van der Waals surface area (Å²) in [6.45, 7) is 0. The number of halogens is 4. The van der Waals surface area contributed by atoms with Crippen LogP contribution in [0.15, 0.2) is 0 Å². The highest BCUT2D eigenvalue weighted by Gasteiger charge is 2.30. The molecule has 7 heteroatoms. The Labute approximate surface area is 74.9 Å². The molecular weight excluding hydrogens is 221 g/mol. The van der Waals surface area contributed by atoms with Crippen LogP contribution >= 0.6 is 46.1 Å². The van der Waals surface area contributed by atoms with Crippen LogP contribution in [-0.2, 0) is 4.59 Å². The summed E-state index contributed by atoms with van der Waals surface area (Å²) in [6, 6.07) is 0.